The molecule has 0 radical (unpaired) electrons. The Morgan fingerprint density at radius 2 is 1.88 bits per heavy atom. The number of amides is 2. The van der Waals surface area contributed by atoms with E-state index in [0.717, 1.165) is 4.90 Å². The van der Waals surface area contributed by atoms with Crippen molar-refractivity contribution < 1.29 is 29.7 Å². The Hall–Kier alpha value is -1.83. The minimum atomic E-state index is -1.29. The second kappa shape index (κ2) is 7.44. The Morgan fingerprint density at radius 1 is 1.29 bits per heavy atom. The number of urea groups is 1. The minimum Gasteiger partial charge on any atom is -0.481 e. The van der Waals surface area contributed by atoms with Crippen molar-refractivity contribution in [2.75, 3.05) is 20.2 Å². The van der Waals surface area contributed by atoms with Crippen molar-refractivity contribution in [3.63, 3.8) is 0 Å². The average Bonchev–Trinajstić information content (AvgIpc) is 2.23. The molecule has 2 amide bonds. The van der Waals surface area contributed by atoms with Crippen LogP contribution >= 0.6 is 0 Å². The Balaban J connectivity index is 4.29. The summed E-state index contributed by atoms with van der Waals surface area (Å²) in [6, 6.07) is -1.92. The molecular weight excluding hydrogens is 232 g/mol. The van der Waals surface area contributed by atoms with Gasteiger partial charge in [0.25, 0.3) is 0 Å². The summed E-state index contributed by atoms with van der Waals surface area (Å²) in [5, 5.41) is 28.0. The lowest BCUT2D eigenvalue weighted by atomic mass is 10.1. The highest BCUT2D eigenvalue weighted by atomic mass is 16.4. The van der Waals surface area contributed by atoms with E-state index in [2.05, 4.69) is 5.32 Å². The van der Waals surface area contributed by atoms with Gasteiger partial charge in [0.1, 0.15) is 6.04 Å². The Labute approximate surface area is 97.8 Å². The second-order valence-corrected chi connectivity index (χ2v) is 3.42. The molecule has 1 unspecified atom stereocenters. The van der Waals surface area contributed by atoms with Crippen molar-refractivity contribution in [2.24, 2.45) is 0 Å². The zero-order valence-electron chi connectivity index (χ0n) is 9.42. The van der Waals surface area contributed by atoms with Crippen LogP contribution < -0.4 is 5.32 Å². The first kappa shape index (κ1) is 15.2. The number of carbonyl (C=O) groups excluding carboxylic acids is 1. The number of nitrogens with zero attached hydrogens (tertiary/aromatic N) is 1. The summed E-state index contributed by atoms with van der Waals surface area (Å²) >= 11 is 0. The van der Waals surface area contributed by atoms with Gasteiger partial charge in [0.15, 0.2) is 0 Å². The van der Waals surface area contributed by atoms with Crippen LogP contribution in [0.1, 0.15) is 12.8 Å². The summed E-state index contributed by atoms with van der Waals surface area (Å²) in [6.45, 7) is -0.173. The highest BCUT2D eigenvalue weighted by Crippen LogP contribution is 1.99. The molecule has 0 fully saturated rings. The lowest BCUT2D eigenvalue weighted by Crippen LogP contribution is -2.47. The highest BCUT2D eigenvalue weighted by molar-refractivity contribution is 5.82. The molecule has 0 heterocycles. The van der Waals surface area contributed by atoms with Crippen molar-refractivity contribution in [1.82, 2.24) is 10.2 Å². The van der Waals surface area contributed by atoms with E-state index in [0.29, 0.717) is 0 Å². The summed E-state index contributed by atoms with van der Waals surface area (Å²) in [5.41, 5.74) is 0. The predicted molar refractivity (Wildman–Crippen MR) is 56.5 cm³/mol. The van der Waals surface area contributed by atoms with Crippen LogP contribution in [0.15, 0.2) is 0 Å². The molecule has 0 aliphatic heterocycles. The van der Waals surface area contributed by atoms with Crippen LogP contribution in [-0.2, 0) is 9.59 Å². The third-order valence-corrected chi connectivity index (χ3v) is 2.02. The number of nitrogens with one attached hydrogen (secondary N) is 1. The fourth-order valence-electron chi connectivity index (χ4n) is 1.04. The molecule has 1 atom stereocenters. The SMILES string of the molecule is CN(CCO)C(=O)NC(CCC(=O)O)C(=O)O. The standard InChI is InChI=1S/C9H16N2O6/c1-11(4-5-12)9(17)10-6(8(15)16)2-3-7(13)14/h6,12H,2-5H2,1H3,(H,10,17)(H,13,14)(H,15,16). The maximum atomic E-state index is 11.4. The summed E-state index contributed by atoms with van der Waals surface area (Å²) in [6.07, 6.45) is -0.537. The molecular formula is C9H16N2O6. The van der Waals surface area contributed by atoms with Gasteiger partial charge >= 0.3 is 18.0 Å². The molecule has 17 heavy (non-hydrogen) atoms. The molecule has 98 valence electrons. The largest absolute Gasteiger partial charge is 0.481 e. The lowest BCUT2D eigenvalue weighted by Gasteiger charge is -2.20. The maximum absolute atomic E-state index is 11.4. The van der Waals surface area contributed by atoms with Crippen molar-refractivity contribution in [3.05, 3.63) is 0 Å². The van der Waals surface area contributed by atoms with E-state index in [1.807, 2.05) is 0 Å². The van der Waals surface area contributed by atoms with Crippen LogP contribution in [0.2, 0.25) is 0 Å². The third-order valence-electron chi connectivity index (χ3n) is 2.02. The van der Waals surface area contributed by atoms with Gasteiger partial charge in [-0.25, -0.2) is 9.59 Å². The summed E-state index contributed by atoms with van der Waals surface area (Å²) in [5.74, 6) is -2.42. The number of carbonyl (C=O) groups is 3. The van der Waals surface area contributed by atoms with E-state index >= 15 is 0 Å². The zero-order chi connectivity index (χ0) is 13.4. The minimum absolute atomic E-state index is 0.0666. The number of likely N-dealkylation sites (N-methyl/N-ethyl adjacent to an activating group) is 1. The van der Waals surface area contributed by atoms with Gasteiger partial charge in [-0.2, -0.15) is 0 Å². The van der Waals surface area contributed by atoms with Gasteiger partial charge in [-0.3, -0.25) is 4.79 Å². The molecule has 4 N–H and O–H groups in total. The van der Waals surface area contributed by atoms with E-state index in [4.69, 9.17) is 15.3 Å². The van der Waals surface area contributed by atoms with E-state index in [1.165, 1.54) is 7.05 Å². The number of aliphatic hydroxyl groups excluding tert-OH is 1. The van der Waals surface area contributed by atoms with E-state index in [1.54, 1.807) is 0 Å². The van der Waals surface area contributed by atoms with E-state index in [-0.39, 0.29) is 26.0 Å². The first-order valence-electron chi connectivity index (χ1n) is 4.95. The molecule has 0 spiro atoms. The number of aliphatic hydroxyl groups is 1. The molecule has 0 rings (SSSR count). The molecule has 0 aromatic heterocycles. The first-order valence-corrected chi connectivity index (χ1v) is 4.95. The normalized spacial score (nSPS) is 11.6. The topological polar surface area (TPSA) is 127 Å². The van der Waals surface area contributed by atoms with E-state index < -0.39 is 24.0 Å². The maximum Gasteiger partial charge on any atom is 0.326 e. The van der Waals surface area contributed by atoms with Crippen LogP contribution in [0.5, 0.6) is 0 Å². The van der Waals surface area contributed by atoms with Crippen molar-refractivity contribution >= 4 is 18.0 Å². The number of aliphatic carboxylic acids is 2. The molecule has 0 saturated carbocycles. The van der Waals surface area contributed by atoms with Gasteiger partial charge in [0.2, 0.25) is 0 Å². The fourth-order valence-corrected chi connectivity index (χ4v) is 1.04. The van der Waals surface area contributed by atoms with Gasteiger partial charge in [-0.1, -0.05) is 0 Å². The molecule has 0 aliphatic carbocycles. The summed E-state index contributed by atoms with van der Waals surface area (Å²) in [4.78, 5) is 33.5. The quantitative estimate of drug-likeness (QED) is 0.454. The van der Waals surface area contributed by atoms with Gasteiger partial charge in [-0.15, -0.1) is 0 Å². The Morgan fingerprint density at radius 3 is 2.29 bits per heavy atom. The molecule has 8 heteroatoms. The number of carboxylic acids is 2. The molecule has 0 aromatic carbocycles. The van der Waals surface area contributed by atoms with E-state index in [9.17, 15) is 14.4 Å². The van der Waals surface area contributed by atoms with Gasteiger partial charge in [0, 0.05) is 20.0 Å². The van der Waals surface area contributed by atoms with Gasteiger partial charge in [0.05, 0.1) is 6.61 Å². The molecule has 0 aromatic rings. The fraction of sp³-hybridized carbons (Fsp3) is 0.667. The molecule has 0 aliphatic rings. The van der Waals surface area contributed by atoms with Crippen LogP contribution in [0.25, 0.3) is 0 Å². The number of hydrogen-bond acceptors (Lipinski definition) is 4. The van der Waals surface area contributed by atoms with Crippen LogP contribution in [0.3, 0.4) is 0 Å². The molecule has 0 saturated heterocycles. The zero-order valence-corrected chi connectivity index (χ0v) is 9.42. The smallest absolute Gasteiger partial charge is 0.326 e. The molecule has 8 nitrogen and oxygen atoms in total. The average molecular weight is 248 g/mol. The summed E-state index contributed by atoms with van der Waals surface area (Å²) in [7, 11) is 1.39. The van der Waals surface area contributed by atoms with Crippen LogP contribution in [0, 0.1) is 0 Å². The predicted octanol–water partition coefficient (Wildman–Crippen LogP) is -1.06. The lowest BCUT2D eigenvalue weighted by molar-refractivity contribution is -0.140. The van der Waals surface area contributed by atoms with Gasteiger partial charge < -0.3 is 25.5 Å². The Bertz CT molecular complexity index is 293. The van der Waals surface area contributed by atoms with Crippen molar-refractivity contribution in [3.8, 4) is 0 Å². The molecule has 0 bridgehead atoms. The van der Waals surface area contributed by atoms with Crippen molar-refractivity contribution in [1.29, 1.82) is 0 Å². The highest BCUT2D eigenvalue weighted by Gasteiger charge is 2.22. The monoisotopic (exact) mass is 248 g/mol. The van der Waals surface area contributed by atoms with Gasteiger partial charge in [-0.05, 0) is 6.42 Å². The first-order chi connectivity index (χ1) is 7.88. The summed E-state index contributed by atoms with van der Waals surface area (Å²) < 4.78 is 0. The Kier molecular flexibility index (Phi) is 6.64. The number of rotatable bonds is 7. The number of hydrogen-bond donors (Lipinski definition) is 4. The van der Waals surface area contributed by atoms with Crippen LogP contribution in [0.4, 0.5) is 4.79 Å². The third kappa shape index (κ3) is 6.36. The van der Waals surface area contributed by atoms with Crippen LogP contribution in [-0.4, -0.2) is 64.4 Å². The van der Waals surface area contributed by atoms with Crippen molar-refractivity contribution in [2.45, 2.75) is 18.9 Å². The second-order valence-electron chi connectivity index (χ2n) is 3.42. The number of carboxylic acid groups (broad SMARTS) is 2.